The lowest BCUT2D eigenvalue weighted by Gasteiger charge is -2.31. The van der Waals surface area contributed by atoms with Crippen molar-refractivity contribution in [2.24, 2.45) is 0 Å². The molecule has 0 saturated carbocycles. The molecule has 1 amide bonds. The Hall–Kier alpha value is -2.47. The highest BCUT2D eigenvalue weighted by atomic mass is 19.1. The summed E-state index contributed by atoms with van der Waals surface area (Å²) in [5, 5.41) is 3.41. The Kier molecular flexibility index (Phi) is 7.79. The van der Waals surface area contributed by atoms with Gasteiger partial charge in [0.15, 0.2) is 0 Å². The summed E-state index contributed by atoms with van der Waals surface area (Å²) in [5.41, 5.74) is 0.907. The van der Waals surface area contributed by atoms with Crippen molar-refractivity contribution < 1.29 is 13.9 Å². The van der Waals surface area contributed by atoms with E-state index in [9.17, 15) is 9.18 Å². The molecule has 0 aliphatic carbocycles. The SMILES string of the molecule is O=C(CCCOc1cccc(F)c1)N(Cc1ccccn1)C1CCCNCC1. The van der Waals surface area contributed by atoms with E-state index < -0.39 is 0 Å². The van der Waals surface area contributed by atoms with E-state index in [1.165, 1.54) is 12.1 Å². The van der Waals surface area contributed by atoms with Crippen LogP contribution < -0.4 is 10.1 Å². The number of hydrogen-bond acceptors (Lipinski definition) is 4. The Labute approximate surface area is 165 Å². The first kappa shape index (κ1) is 20.3. The van der Waals surface area contributed by atoms with E-state index >= 15 is 0 Å². The molecular weight excluding hydrogens is 357 g/mol. The Morgan fingerprint density at radius 3 is 2.96 bits per heavy atom. The molecule has 1 aliphatic heterocycles. The lowest BCUT2D eigenvalue weighted by Crippen LogP contribution is -2.40. The minimum Gasteiger partial charge on any atom is -0.493 e. The number of nitrogens with zero attached hydrogens (tertiary/aromatic N) is 2. The third-order valence-electron chi connectivity index (χ3n) is 4.96. The van der Waals surface area contributed by atoms with Gasteiger partial charge in [-0.2, -0.15) is 0 Å². The van der Waals surface area contributed by atoms with E-state index in [0.717, 1.165) is 38.0 Å². The molecule has 1 saturated heterocycles. The second kappa shape index (κ2) is 10.8. The monoisotopic (exact) mass is 385 g/mol. The molecule has 150 valence electrons. The third kappa shape index (κ3) is 6.30. The topological polar surface area (TPSA) is 54.5 Å². The van der Waals surface area contributed by atoms with Crippen LogP contribution in [0.4, 0.5) is 4.39 Å². The predicted molar refractivity (Wildman–Crippen MR) is 106 cm³/mol. The molecule has 0 bridgehead atoms. The standard InChI is InChI=1S/C22H28FN3O2/c23-18-6-3-9-21(16-18)28-15-5-10-22(27)26(17-19-7-1-2-13-25-19)20-8-4-12-24-14-11-20/h1-3,6-7,9,13,16,20,24H,4-5,8,10-12,14-15,17H2. The van der Waals surface area contributed by atoms with Crippen LogP contribution in [0.2, 0.25) is 0 Å². The minimum absolute atomic E-state index is 0.125. The normalized spacial score (nSPS) is 17.0. The van der Waals surface area contributed by atoms with Crippen LogP contribution in [-0.2, 0) is 11.3 Å². The number of carbonyl (C=O) groups is 1. The van der Waals surface area contributed by atoms with Crippen LogP contribution in [0.1, 0.15) is 37.8 Å². The van der Waals surface area contributed by atoms with E-state index in [2.05, 4.69) is 10.3 Å². The summed E-state index contributed by atoms with van der Waals surface area (Å²) < 4.78 is 18.8. The molecule has 0 spiro atoms. The lowest BCUT2D eigenvalue weighted by atomic mass is 10.1. The molecule has 28 heavy (non-hydrogen) atoms. The maximum Gasteiger partial charge on any atom is 0.223 e. The highest BCUT2D eigenvalue weighted by Crippen LogP contribution is 2.18. The second-order valence-electron chi connectivity index (χ2n) is 7.09. The molecule has 1 aromatic heterocycles. The van der Waals surface area contributed by atoms with Crippen LogP contribution in [-0.4, -0.2) is 41.5 Å². The van der Waals surface area contributed by atoms with Gasteiger partial charge in [0.25, 0.3) is 0 Å². The van der Waals surface area contributed by atoms with Crippen molar-refractivity contribution in [2.45, 2.75) is 44.7 Å². The van der Waals surface area contributed by atoms with Crippen molar-refractivity contribution >= 4 is 5.91 Å². The molecular formula is C22H28FN3O2. The van der Waals surface area contributed by atoms with Crippen molar-refractivity contribution in [1.29, 1.82) is 0 Å². The number of pyridine rings is 1. The summed E-state index contributed by atoms with van der Waals surface area (Å²) in [5.74, 6) is 0.296. The molecule has 0 radical (unpaired) electrons. The first-order valence-corrected chi connectivity index (χ1v) is 10.0. The van der Waals surface area contributed by atoms with E-state index in [1.807, 2.05) is 23.1 Å². The summed E-state index contributed by atoms with van der Waals surface area (Å²) in [6.07, 6.45) is 5.80. The second-order valence-corrected chi connectivity index (χ2v) is 7.09. The van der Waals surface area contributed by atoms with Gasteiger partial charge >= 0.3 is 0 Å². The van der Waals surface area contributed by atoms with Gasteiger partial charge in [0.1, 0.15) is 11.6 Å². The van der Waals surface area contributed by atoms with Crippen molar-refractivity contribution in [3.8, 4) is 5.75 Å². The van der Waals surface area contributed by atoms with Gasteiger partial charge in [-0.3, -0.25) is 9.78 Å². The number of carbonyl (C=O) groups excluding carboxylic acids is 1. The molecule has 1 aliphatic rings. The molecule has 1 atom stereocenters. The van der Waals surface area contributed by atoms with Gasteiger partial charge in [-0.25, -0.2) is 4.39 Å². The van der Waals surface area contributed by atoms with Gasteiger partial charge < -0.3 is 15.0 Å². The summed E-state index contributed by atoms with van der Waals surface area (Å²) in [6.45, 7) is 2.86. The maximum atomic E-state index is 13.2. The third-order valence-corrected chi connectivity index (χ3v) is 4.96. The molecule has 1 N–H and O–H groups in total. The summed E-state index contributed by atoms with van der Waals surface area (Å²) in [7, 11) is 0. The quantitative estimate of drug-likeness (QED) is 0.706. The minimum atomic E-state index is -0.322. The molecule has 6 heteroatoms. The van der Waals surface area contributed by atoms with Crippen LogP contribution in [0.15, 0.2) is 48.7 Å². The van der Waals surface area contributed by atoms with Crippen molar-refractivity contribution in [3.63, 3.8) is 0 Å². The fourth-order valence-corrected chi connectivity index (χ4v) is 3.51. The van der Waals surface area contributed by atoms with Crippen LogP contribution in [0.25, 0.3) is 0 Å². The number of hydrogen-bond donors (Lipinski definition) is 1. The number of nitrogens with one attached hydrogen (secondary N) is 1. The lowest BCUT2D eigenvalue weighted by molar-refractivity contribution is -0.134. The Morgan fingerprint density at radius 1 is 1.21 bits per heavy atom. The van der Waals surface area contributed by atoms with E-state index in [0.29, 0.717) is 31.7 Å². The summed E-state index contributed by atoms with van der Waals surface area (Å²) in [6, 6.07) is 12.1. The molecule has 3 rings (SSSR count). The average Bonchev–Trinajstić information content (AvgIpc) is 2.99. The van der Waals surface area contributed by atoms with Gasteiger partial charge in [0.2, 0.25) is 5.91 Å². The molecule has 2 heterocycles. The van der Waals surface area contributed by atoms with Crippen LogP contribution in [0.5, 0.6) is 5.75 Å². The smallest absolute Gasteiger partial charge is 0.223 e. The fraction of sp³-hybridized carbons (Fsp3) is 0.455. The molecule has 2 aromatic rings. The zero-order valence-corrected chi connectivity index (χ0v) is 16.1. The molecule has 1 unspecified atom stereocenters. The first-order chi connectivity index (χ1) is 13.7. The number of amides is 1. The highest BCUT2D eigenvalue weighted by Gasteiger charge is 2.24. The molecule has 1 aromatic carbocycles. The first-order valence-electron chi connectivity index (χ1n) is 10.0. The van der Waals surface area contributed by atoms with Gasteiger partial charge in [-0.15, -0.1) is 0 Å². The van der Waals surface area contributed by atoms with Crippen molar-refractivity contribution in [2.75, 3.05) is 19.7 Å². The van der Waals surface area contributed by atoms with Crippen LogP contribution in [0, 0.1) is 5.82 Å². The summed E-state index contributed by atoms with van der Waals surface area (Å²) in [4.78, 5) is 19.4. The van der Waals surface area contributed by atoms with Gasteiger partial charge in [0.05, 0.1) is 18.8 Å². The highest BCUT2D eigenvalue weighted by molar-refractivity contribution is 5.76. The van der Waals surface area contributed by atoms with Gasteiger partial charge in [-0.1, -0.05) is 12.1 Å². The Bertz CT molecular complexity index is 734. The number of aromatic nitrogens is 1. The van der Waals surface area contributed by atoms with E-state index in [-0.39, 0.29) is 17.8 Å². The maximum absolute atomic E-state index is 13.2. The van der Waals surface area contributed by atoms with E-state index in [4.69, 9.17) is 4.74 Å². The van der Waals surface area contributed by atoms with Crippen LogP contribution in [0.3, 0.4) is 0 Å². The predicted octanol–water partition coefficient (Wildman–Crippen LogP) is 3.55. The number of benzene rings is 1. The average molecular weight is 385 g/mol. The zero-order valence-electron chi connectivity index (χ0n) is 16.1. The largest absolute Gasteiger partial charge is 0.493 e. The van der Waals surface area contributed by atoms with Crippen molar-refractivity contribution in [3.05, 3.63) is 60.2 Å². The van der Waals surface area contributed by atoms with Gasteiger partial charge in [-0.05, 0) is 63.0 Å². The van der Waals surface area contributed by atoms with Crippen LogP contribution >= 0.6 is 0 Å². The Balaban J connectivity index is 1.56. The molecule has 1 fully saturated rings. The molecule has 5 nitrogen and oxygen atoms in total. The fourth-order valence-electron chi connectivity index (χ4n) is 3.51. The van der Waals surface area contributed by atoms with E-state index in [1.54, 1.807) is 18.3 Å². The number of rotatable bonds is 8. The number of halogens is 1. The number of ether oxygens (including phenoxy) is 1. The van der Waals surface area contributed by atoms with Crippen molar-refractivity contribution in [1.82, 2.24) is 15.2 Å². The summed E-state index contributed by atoms with van der Waals surface area (Å²) >= 11 is 0. The zero-order chi connectivity index (χ0) is 19.6. The van der Waals surface area contributed by atoms with Gasteiger partial charge in [0, 0.05) is 24.7 Å². The Morgan fingerprint density at radius 2 is 2.14 bits per heavy atom.